The molecule has 0 N–H and O–H groups in total. The van der Waals surface area contributed by atoms with Crippen LogP contribution in [-0.4, -0.2) is 23.6 Å². The highest BCUT2D eigenvalue weighted by Gasteiger charge is 2.52. The normalized spacial score (nSPS) is 29.5. The average Bonchev–Trinajstić information content (AvgIpc) is 3.08. The molecule has 164 valence electrons. The summed E-state index contributed by atoms with van der Waals surface area (Å²) in [6.45, 7) is 6.79. The van der Waals surface area contributed by atoms with E-state index in [1.54, 1.807) is 18.2 Å². The molecular weight excluding hydrogens is 402 g/mol. The molecule has 0 saturated heterocycles. The number of carbonyl (C=O) groups is 1. The Morgan fingerprint density at radius 2 is 2.07 bits per heavy atom. The van der Waals surface area contributed by atoms with E-state index in [1.165, 1.54) is 30.6 Å². The minimum atomic E-state index is -0.391. The number of hydrogen-bond acceptors (Lipinski definition) is 6. The standard InChI is InChI=1S/C23H31NO5S/c1-4-28-22(25)14-7-16(2)19-12-13-20-21(6-5-15-23(19,20)3)29-30-18-10-8-17(9-11-18)24(26)27/h7-11,14,16,19-21H,4-6,12-13,15H2,1-3H3/b14-7+/t16-,19-,20+,21+,23-/m1/s1. The van der Waals surface area contributed by atoms with Crippen molar-refractivity contribution in [2.24, 2.45) is 23.2 Å². The Kier molecular flexibility index (Phi) is 7.58. The zero-order chi connectivity index (χ0) is 21.7. The number of esters is 1. The van der Waals surface area contributed by atoms with E-state index >= 15 is 0 Å². The first-order valence-corrected chi connectivity index (χ1v) is 11.5. The van der Waals surface area contributed by atoms with Crippen LogP contribution in [0.2, 0.25) is 0 Å². The lowest BCUT2D eigenvalue weighted by molar-refractivity contribution is -0.384. The van der Waals surface area contributed by atoms with Gasteiger partial charge in [-0.3, -0.25) is 10.1 Å². The topological polar surface area (TPSA) is 78.7 Å². The zero-order valence-electron chi connectivity index (χ0n) is 17.9. The number of nitrogens with zero attached hydrogens (tertiary/aromatic N) is 1. The van der Waals surface area contributed by atoms with Gasteiger partial charge in [0.05, 0.1) is 17.6 Å². The first-order valence-electron chi connectivity index (χ1n) is 10.8. The fraction of sp³-hybridized carbons (Fsp3) is 0.609. The van der Waals surface area contributed by atoms with Gasteiger partial charge in [-0.05, 0) is 67.9 Å². The van der Waals surface area contributed by atoms with Gasteiger partial charge in [-0.25, -0.2) is 4.79 Å². The fourth-order valence-corrected chi connectivity index (χ4v) is 6.15. The van der Waals surface area contributed by atoms with Gasteiger partial charge in [0, 0.05) is 35.1 Å². The molecule has 2 saturated carbocycles. The van der Waals surface area contributed by atoms with Crippen molar-refractivity contribution in [3.05, 3.63) is 46.5 Å². The van der Waals surface area contributed by atoms with Crippen molar-refractivity contribution >= 4 is 23.7 Å². The second-order valence-corrected chi connectivity index (χ2v) is 9.46. The van der Waals surface area contributed by atoms with Crippen molar-refractivity contribution in [1.82, 2.24) is 0 Å². The monoisotopic (exact) mass is 433 g/mol. The Morgan fingerprint density at radius 1 is 1.33 bits per heavy atom. The molecule has 1 aromatic rings. The summed E-state index contributed by atoms with van der Waals surface area (Å²) in [5.41, 5.74) is 0.283. The Hall–Kier alpha value is -1.86. The van der Waals surface area contributed by atoms with Crippen molar-refractivity contribution in [3.8, 4) is 0 Å². The molecule has 0 amide bonds. The summed E-state index contributed by atoms with van der Waals surface area (Å²) in [7, 11) is 0. The largest absolute Gasteiger partial charge is 0.463 e. The minimum Gasteiger partial charge on any atom is -0.463 e. The van der Waals surface area contributed by atoms with Crippen LogP contribution in [0.4, 0.5) is 5.69 Å². The van der Waals surface area contributed by atoms with Gasteiger partial charge in [0.1, 0.15) is 0 Å². The molecule has 2 fully saturated rings. The van der Waals surface area contributed by atoms with E-state index in [9.17, 15) is 14.9 Å². The summed E-state index contributed by atoms with van der Waals surface area (Å²) in [5, 5.41) is 10.8. The van der Waals surface area contributed by atoms with Gasteiger partial charge in [-0.2, -0.15) is 0 Å². The number of rotatable bonds is 8. The average molecular weight is 434 g/mol. The lowest BCUT2D eigenvalue weighted by Crippen LogP contribution is -2.41. The number of nitro benzene ring substituents is 1. The SMILES string of the molecule is CCOC(=O)/C=C/[C@@H](C)[C@H]1CC[C@H]2[C@@H](OSc3ccc([N+](=O)[O-])cc3)CCC[C@]12C. The van der Waals surface area contributed by atoms with E-state index < -0.39 is 4.92 Å². The molecule has 0 radical (unpaired) electrons. The van der Waals surface area contributed by atoms with Crippen molar-refractivity contribution in [3.63, 3.8) is 0 Å². The molecule has 3 rings (SSSR count). The van der Waals surface area contributed by atoms with E-state index in [4.69, 9.17) is 8.92 Å². The van der Waals surface area contributed by atoms with Gasteiger partial charge in [-0.1, -0.05) is 26.3 Å². The van der Waals surface area contributed by atoms with Crippen molar-refractivity contribution in [2.75, 3.05) is 6.61 Å². The summed E-state index contributed by atoms with van der Waals surface area (Å²) in [5.74, 6) is 1.04. The van der Waals surface area contributed by atoms with Crippen molar-refractivity contribution < 1.29 is 18.6 Å². The first-order chi connectivity index (χ1) is 14.3. The predicted octanol–water partition coefficient (Wildman–Crippen LogP) is 5.96. The molecule has 2 aliphatic carbocycles. The van der Waals surface area contributed by atoms with Gasteiger partial charge >= 0.3 is 5.97 Å². The van der Waals surface area contributed by atoms with Gasteiger partial charge in [0.2, 0.25) is 0 Å². The minimum absolute atomic E-state index is 0.0908. The Morgan fingerprint density at radius 3 is 2.73 bits per heavy atom. The summed E-state index contributed by atoms with van der Waals surface area (Å²) < 4.78 is 11.3. The number of carbonyl (C=O) groups excluding carboxylic acids is 1. The Bertz CT molecular complexity index is 780. The van der Waals surface area contributed by atoms with E-state index in [-0.39, 0.29) is 23.2 Å². The molecule has 0 unspecified atom stereocenters. The molecule has 5 atom stereocenters. The van der Waals surface area contributed by atoms with Gasteiger partial charge < -0.3 is 8.92 Å². The number of allylic oxidation sites excluding steroid dienone is 1. The quantitative estimate of drug-likeness (QED) is 0.165. The summed E-state index contributed by atoms with van der Waals surface area (Å²) in [6.07, 6.45) is 9.38. The van der Waals surface area contributed by atoms with Crippen LogP contribution in [0.3, 0.4) is 0 Å². The number of benzene rings is 1. The molecule has 0 spiro atoms. The summed E-state index contributed by atoms with van der Waals surface area (Å²) in [6, 6.07) is 6.51. The van der Waals surface area contributed by atoms with Crippen LogP contribution in [0.25, 0.3) is 0 Å². The highest BCUT2D eigenvalue weighted by atomic mass is 32.2. The molecular formula is C23H31NO5S. The van der Waals surface area contributed by atoms with Crippen molar-refractivity contribution in [1.29, 1.82) is 0 Å². The summed E-state index contributed by atoms with van der Waals surface area (Å²) >= 11 is 1.33. The smallest absolute Gasteiger partial charge is 0.330 e. The molecule has 7 heteroatoms. The number of nitro groups is 1. The van der Waals surface area contributed by atoms with Crippen LogP contribution < -0.4 is 0 Å². The summed E-state index contributed by atoms with van der Waals surface area (Å²) in [4.78, 5) is 23.0. The maximum atomic E-state index is 11.7. The van der Waals surface area contributed by atoms with Gasteiger partial charge in [0.25, 0.3) is 5.69 Å². The Balaban J connectivity index is 1.62. The van der Waals surface area contributed by atoms with E-state index in [1.807, 2.05) is 13.0 Å². The van der Waals surface area contributed by atoms with Crippen LogP contribution in [0.5, 0.6) is 0 Å². The van der Waals surface area contributed by atoms with E-state index in [2.05, 4.69) is 13.8 Å². The van der Waals surface area contributed by atoms with Gasteiger partial charge in [0.15, 0.2) is 0 Å². The second-order valence-electron chi connectivity index (χ2n) is 8.63. The third-order valence-corrected chi connectivity index (χ3v) is 7.72. The van der Waals surface area contributed by atoms with Crippen LogP contribution >= 0.6 is 12.0 Å². The molecule has 0 aliphatic heterocycles. The fourth-order valence-electron chi connectivity index (χ4n) is 5.43. The van der Waals surface area contributed by atoms with Crippen LogP contribution in [0, 0.1) is 33.3 Å². The molecule has 0 heterocycles. The molecule has 6 nitrogen and oxygen atoms in total. The van der Waals surface area contributed by atoms with Crippen LogP contribution in [0.1, 0.15) is 52.9 Å². The van der Waals surface area contributed by atoms with E-state index in [0.29, 0.717) is 24.4 Å². The Labute approximate surface area is 182 Å². The van der Waals surface area contributed by atoms with Crippen molar-refractivity contribution in [2.45, 2.75) is 63.9 Å². The van der Waals surface area contributed by atoms with Crippen LogP contribution in [-0.2, 0) is 13.7 Å². The molecule has 30 heavy (non-hydrogen) atoms. The highest BCUT2D eigenvalue weighted by molar-refractivity contribution is 7.94. The lowest BCUT2D eigenvalue weighted by atomic mass is 9.62. The second kappa shape index (κ2) is 9.96. The lowest BCUT2D eigenvalue weighted by Gasteiger charge is -2.45. The number of hydrogen-bond donors (Lipinski definition) is 0. The number of fused-ring (bicyclic) bond motifs is 1. The molecule has 2 aliphatic rings. The van der Waals surface area contributed by atoms with E-state index in [0.717, 1.165) is 30.6 Å². The molecule has 1 aromatic carbocycles. The first kappa shape index (κ1) is 22.8. The van der Waals surface area contributed by atoms with Gasteiger partial charge in [-0.15, -0.1) is 0 Å². The predicted molar refractivity (Wildman–Crippen MR) is 117 cm³/mol. The zero-order valence-corrected chi connectivity index (χ0v) is 18.7. The maximum Gasteiger partial charge on any atom is 0.330 e. The number of non-ortho nitro benzene ring substituents is 1. The molecule has 0 bridgehead atoms. The number of ether oxygens (including phenoxy) is 1. The molecule has 0 aromatic heterocycles. The maximum absolute atomic E-state index is 11.7. The third kappa shape index (κ3) is 5.06. The highest BCUT2D eigenvalue weighted by Crippen LogP contribution is 2.59. The van der Waals surface area contributed by atoms with Crippen LogP contribution in [0.15, 0.2) is 41.3 Å². The third-order valence-electron chi connectivity index (χ3n) is 6.91.